The van der Waals surface area contributed by atoms with E-state index >= 15 is 0 Å². The summed E-state index contributed by atoms with van der Waals surface area (Å²) in [5, 5.41) is 0.771. The second kappa shape index (κ2) is 7.88. The number of esters is 1. The maximum absolute atomic E-state index is 11.3. The zero-order valence-electron chi connectivity index (χ0n) is 10.6. The molecule has 1 rings (SSSR count). The summed E-state index contributed by atoms with van der Waals surface area (Å²) in [7, 11) is 0. The Morgan fingerprint density at radius 2 is 2.28 bits per heavy atom. The van der Waals surface area contributed by atoms with E-state index in [1.54, 1.807) is 6.92 Å². The molecule has 7 heteroatoms. The van der Waals surface area contributed by atoms with Gasteiger partial charge in [-0.25, -0.2) is 15.8 Å². The van der Waals surface area contributed by atoms with E-state index in [9.17, 15) is 4.79 Å². The van der Waals surface area contributed by atoms with E-state index in [-0.39, 0.29) is 11.7 Å². The maximum atomic E-state index is 11.3. The summed E-state index contributed by atoms with van der Waals surface area (Å²) in [5.41, 5.74) is 3.49. The highest BCUT2D eigenvalue weighted by Crippen LogP contribution is 2.25. The van der Waals surface area contributed by atoms with E-state index < -0.39 is 0 Å². The van der Waals surface area contributed by atoms with Gasteiger partial charge in [-0.15, -0.1) is 0 Å². The van der Waals surface area contributed by atoms with Gasteiger partial charge in [-0.2, -0.15) is 0 Å². The first-order valence-corrected chi connectivity index (χ1v) is 6.80. The molecule has 0 spiro atoms. The predicted octanol–water partition coefficient (Wildman–Crippen LogP) is 1.37. The smallest absolute Gasteiger partial charge is 0.316 e. The van der Waals surface area contributed by atoms with Gasteiger partial charge in [0.25, 0.3) is 0 Å². The fourth-order valence-electron chi connectivity index (χ4n) is 1.45. The first-order chi connectivity index (χ1) is 8.72. The van der Waals surface area contributed by atoms with Gasteiger partial charge < -0.3 is 10.2 Å². The number of aromatic nitrogens is 2. The Morgan fingerprint density at radius 3 is 2.89 bits per heavy atom. The Balaban J connectivity index is 2.77. The molecule has 0 aromatic carbocycles. The molecular weight excluding hydrogens is 252 g/mol. The summed E-state index contributed by atoms with van der Waals surface area (Å²) in [6.45, 7) is 4.24. The molecule has 0 fully saturated rings. The van der Waals surface area contributed by atoms with Crippen LogP contribution in [0.15, 0.2) is 11.4 Å². The molecule has 100 valence electrons. The monoisotopic (exact) mass is 270 g/mol. The molecule has 1 aromatic rings. The number of hydrogen-bond acceptors (Lipinski definition) is 7. The summed E-state index contributed by atoms with van der Waals surface area (Å²) < 4.78 is 4.88. The molecule has 0 amide bonds. The van der Waals surface area contributed by atoms with Crippen LogP contribution in [0.25, 0.3) is 0 Å². The molecule has 0 aliphatic heterocycles. The largest absolute Gasteiger partial charge is 0.465 e. The molecule has 0 bridgehead atoms. The first-order valence-electron chi connectivity index (χ1n) is 5.81. The van der Waals surface area contributed by atoms with Gasteiger partial charge in [0.2, 0.25) is 0 Å². The molecule has 0 radical (unpaired) electrons. The van der Waals surface area contributed by atoms with Crippen molar-refractivity contribution in [2.24, 2.45) is 5.84 Å². The number of carbonyl (C=O) groups is 1. The van der Waals surface area contributed by atoms with Crippen LogP contribution in [0.3, 0.4) is 0 Å². The number of anilines is 1. The van der Waals surface area contributed by atoms with Crippen LogP contribution < -0.4 is 11.3 Å². The standard InChI is InChI=1S/C11H18N4O2S/c1-3-5-8-10(15-12)13-7-14-11(8)18-6-9(16)17-4-2/h7H,3-6,12H2,1-2H3,(H,13,14,15). The molecule has 1 heterocycles. The summed E-state index contributed by atoms with van der Waals surface area (Å²) in [4.78, 5) is 19.6. The Hall–Kier alpha value is -1.34. The average Bonchev–Trinajstić information content (AvgIpc) is 2.38. The van der Waals surface area contributed by atoms with Crippen LogP contribution in [0.1, 0.15) is 25.8 Å². The van der Waals surface area contributed by atoms with Gasteiger partial charge in [0.1, 0.15) is 17.2 Å². The number of ether oxygens (including phenoxy) is 1. The summed E-state index contributed by atoms with van der Waals surface area (Å²) >= 11 is 1.34. The van der Waals surface area contributed by atoms with Crippen molar-refractivity contribution in [1.29, 1.82) is 0 Å². The average molecular weight is 270 g/mol. The third kappa shape index (κ3) is 4.15. The number of nitrogens with one attached hydrogen (secondary N) is 1. The second-order valence-corrected chi connectivity index (χ2v) is 4.46. The molecule has 0 aliphatic rings. The number of carbonyl (C=O) groups excluding carboxylic acids is 1. The van der Waals surface area contributed by atoms with Gasteiger partial charge in [-0.05, 0) is 13.3 Å². The third-order valence-electron chi connectivity index (χ3n) is 2.17. The fraction of sp³-hybridized carbons (Fsp3) is 0.545. The van der Waals surface area contributed by atoms with Crippen LogP contribution in [0.5, 0.6) is 0 Å². The molecule has 18 heavy (non-hydrogen) atoms. The van der Waals surface area contributed by atoms with Crippen molar-refractivity contribution in [1.82, 2.24) is 9.97 Å². The van der Waals surface area contributed by atoms with Crippen LogP contribution >= 0.6 is 11.8 Å². The van der Waals surface area contributed by atoms with Crippen LogP contribution in [-0.4, -0.2) is 28.3 Å². The van der Waals surface area contributed by atoms with Crippen molar-refractivity contribution in [3.05, 3.63) is 11.9 Å². The Kier molecular flexibility index (Phi) is 6.45. The third-order valence-corrected chi connectivity index (χ3v) is 3.18. The van der Waals surface area contributed by atoms with Crippen LogP contribution in [-0.2, 0) is 16.0 Å². The normalized spacial score (nSPS) is 10.2. The summed E-state index contributed by atoms with van der Waals surface area (Å²) in [6, 6.07) is 0. The van der Waals surface area contributed by atoms with Gasteiger partial charge >= 0.3 is 5.97 Å². The lowest BCUT2D eigenvalue weighted by Gasteiger charge is -2.10. The predicted molar refractivity (Wildman–Crippen MR) is 71.2 cm³/mol. The zero-order valence-corrected chi connectivity index (χ0v) is 11.4. The molecule has 0 atom stereocenters. The number of nitrogens with two attached hydrogens (primary N) is 1. The lowest BCUT2D eigenvalue weighted by Crippen LogP contribution is -2.13. The number of nitrogens with zero attached hydrogens (tertiary/aromatic N) is 2. The van der Waals surface area contributed by atoms with E-state index in [0.717, 1.165) is 23.4 Å². The zero-order chi connectivity index (χ0) is 13.4. The minimum absolute atomic E-state index is 0.242. The molecule has 0 unspecified atom stereocenters. The lowest BCUT2D eigenvalue weighted by molar-refractivity contribution is -0.139. The van der Waals surface area contributed by atoms with Gasteiger partial charge in [0.15, 0.2) is 0 Å². The van der Waals surface area contributed by atoms with Gasteiger partial charge in [0.05, 0.1) is 12.4 Å². The van der Waals surface area contributed by atoms with Crippen molar-refractivity contribution < 1.29 is 9.53 Å². The first kappa shape index (κ1) is 14.7. The Bertz CT molecular complexity index is 401. The fourth-order valence-corrected chi connectivity index (χ4v) is 2.28. The lowest BCUT2D eigenvalue weighted by atomic mass is 10.2. The van der Waals surface area contributed by atoms with Crippen LogP contribution in [0.2, 0.25) is 0 Å². The van der Waals surface area contributed by atoms with E-state index in [0.29, 0.717) is 12.4 Å². The quantitative estimate of drug-likeness (QED) is 0.254. The maximum Gasteiger partial charge on any atom is 0.316 e. The highest BCUT2D eigenvalue weighted by molar-refractivity contribution is 7.99. The minimum atomic E-state index is -0.245. The number of thioether (sulfide) groups is 1. The van der Waals surface area contributed by atoms with Gasteiger partial charge in [0, 0.05) is 5.56 Å². The number of hydrogen-bond donors (Lipinski definition) is 2. The SMILES string of the molecule is CCCc1c(NN)ncnc1SCC(=O)OCC. The summed E-state index contributed by atoms with van der Waals surface area (Å²) in [5.74, 6) is 6.02. The number of nitrogen functional groups attached to an aromatic ring is 1. The van der Waals surface area contributed by atoms with Gasteiger partial charge in [-0.1, -0.05) is 25.1 Å². The van der Waals surface area contributed by atoms with Crippen LogP contribution in [0.4, 0.5) is 5.82 Å². The topological polar surface area (TPSA) is 90.1 Å². The van der Waals surface area contributed by atoms with E-state index in [1.807, 2.05) is 0 Å². The van der Waals surface area contributed by atoms with Crippen LogP contribution in [0, 0.1) is 0 Å². The highest BCUT2D eigenvalue weighted by Gasteiger charge is 2.12. The van der Waals surface area contributed by atoms with Crippen molar-refractivity contribution in [3.8, 4) is 0 Å². The van der Waals surface area contributed by atoms with Crippen molar-refractivity contribution >= 4 is 23.5 Å². The molecule has 0 aliphatic carbocycles. The molecule has 1 aromatic heterocycles. The molecule has 3 N–H and O–H groups in total. The molecular formula is C11H18N4O2S. The number of rotatable bonds is 7. The highest BCUT2D eigenvalue weighted by atomic mass is 32.2. The van der Waals surface area contributed by atoms with Crippen molar-refractivity contribution in [3.63, 3.8) is 0 Å². The minimum Gasteiger partial charge on any atom is -0.465 e. The summed E-state index contributed by atoms with van der Waals surface area (Å²) in [6.07, 6.45) is 3.20. The van der Waals surface area contributed by atoms with Crippen molar-refractivity contribution in [2.45, 2.75) is 31.7 Å². The molecule has 0 saturated carbocycles. The Morgan fingerprint density at radius 1 is 1.50 bits per heavy atom. The number of hydrazine groups is 1. The van der Waals surface area contributed by atoms with E-state index in [2.05, 4.69) is 22.3 Å². The van der Waals surface area contributed by atoms with E-state index in [4.69, 9.17) is 10.6 Å². The van der Waals surface area contributed by atoms with Gasteiger partial charge in [-0.3, -0.25) is 4.79 Å². The van der Waals surface area contributed by atoms with Crippen molar-refractivity contribution in [2.75, 3.05) is 17.8 Å². The molecule has 6 nitrogen and oxygen atoms in total. The Labute approximate surface area is 111 Å². The van der Waals surface area contributed by atoms with E-state index in [1.165, 1.54) is 18.1 Å². The second-order valence-electron chi connectivity index (χ2n) is 3.49. The molecule has 0 saturated heterocycles.